The van der Waals surface area contributed by atoms with Gasteiger partial charge in [-0.1, -0.05) is 0 Å². The number of hydrogen-bond donors (Lipinski definition) is 1. The van der Waals surface area contributed by atoms with Gasteiger partial charge >= 0.3 is 5.97 Å². The highest BCUT2D eigenvalue weighted by atomic mass is 127. The van der Waals surface area contributed by atoms with Crippen molar-refractivity contribution in [1.29, 1.82) is 0 Å². The highest BCUT2D eigenvalue weighted by Gasteiger charge is 2.35. The lowest BCUT2D eigenvalue weighted by molar-refractivity contribution is -0.145. The first-order valence-corrected chi connectivity index (χ1v) is 6.32. The van der Waals surface area contributed by atoms with Crippen LogP contribution in [0.2, 0.25) is 0 Å². The third kappa shape index (κ3) is 2.38. The fourth-order valence-electron chi connectivity index (χ4n) is 1.83. The Morgan fingerprint density at radius 2 is 2.17 bits per heavy atom. The number of benzene rings is 1. The molecule has 0 aliphatic carbocycles. The summed E-state index contributed by atoms with van der Waals surface area (Å²) in [5.41, 5.74) is 0.792. The SMILES string of the molecule is COC(=O)C1CC(=O)Nc2ccc(I)cc2C1=O. The Morgan fingerprint density at radius 1 is 1.44 bits per heavy atom. The predicted molar refractivity (Wildman–Crippen MR) is 72.2 cm³/mol. The van der Waals surface area contributed by atoms with E-state index in [1.807, 2.05) is 0 Å². The van der Waals surface area contributed by atoms with E-state index in [9.17, 15) is 14.4 Å². The number of methoxy groups -OCH3 is 1. The Balaban J connectivity index is 2.50. The van der Waals surface area contributed by atoms with Gasteiger partial charge in [0.05, 0.1) is 12.8 Å². The van der Waals surface area contributed by atoms with Crippen molar-refractivity contribution in [3.05, 3.63) is 27.3 Å². The first-order chi connectivity index (χ1) is 8.52. The van der Waals surface area contributed by atoms with E-state index in [-0.39, 0.29) is 18.1 Å². The Labute approximate surface area is 117 Å². The number of carbonyl (C=O) groups excluding carboxylic acids is 3. The first kappa shape index (κ1) is 13.0. The summed E-state index contributed by atoms with van der Waals surface area (Å²) in [4.78, 5) is 35.4. The molecule has 6 heteroatoms. The molecule has 1 unspecified atom stereocenters. The van der Waals surface area contributed by atoms with Crippen LogP contribution in [0.15, 0.2) is 18.2 Å². The van der Waals surface area contributed by atoms with Gasteiger partial charge in [-0.25, -0.2) is 0 Å². The van der Waals surface area contributed by atoms with Crippen LogP contribution >= 0.6 is 22.6 Å². The lowest BCUT2D eigenvalue weighted by Gasteiger charge is -2.09. The maximum atomic E-state index is 12.2. The van der Waals surface area contributed by atoms with Gasteiger partial charge in [0.25, 0.3) is 0 Å². The molecule has 1 aliphatic heterocycles. The van der Waals surface area contributed by atoms with Crippen molar-refractivity contribution < 1.29 is 19.1 Å². The standard InChI is InChI=1S/C12H10INO4/c1-18-12(17)8-5-10(15)14-9-3-2-6(13)4-7(9)11(8)16/h2-4,8H,5H2,1H3,(H,14,15). The Hall–Kier alpha value is -1.44. The summed E-state index contributed by atoms with van der Waals surface area (Å²) >= 11 is 2.07. The van der Waals surface area contributed by atoms with E-state index in [4.69, 9.17) is 0 Å². The van der Waals surface area contributed by atoms with E-state index in [0.717, 1.165) is 3.57 Å². The van der Waals surface area contributed by atoms with Crippen molar-refractivity contribution in [2.24, 2.45) is 5.92 Å². The molecule has 2 rings (SSSR count). The molecule has 1 aliphatic rings. The largest absolute Gasteiger partial charge is 0.468 e. The molecule has 0 saturated heterocycles. The summed E-state index contributed by atoms with van der Waals surface area (Å²) in [6.07, 6.45) is -0.184. The summed E-state index contributed by atoms with van der Waals surface area (Å²) in [5.74, 6) is -2.48. The summed E-state index contributed by atoms with van der Waals surface area (Å²) in [6.45, 7) is 0. The fraction of sp³-hybridized carbons (Fsp3) is 0.250. The number of ketones is 1. The lowest BCUT2D eigenvalue weighted by atomic mass is 9.95. The average molecular weight is 359 g/mol. The van der Waals surface area contributed by atoms with Crippen molar-refractivity contribution in [3.8, 4) is 0 Å². The van der Waals surface area contributed by atoms with Crippen molar-refractivity contribution in [2.75, 3.05) is 12.4 Å². The maximum absolute atomic E-state index is 12.2. The second-order valence-electron chi connectivity index (χ2n) is 3.88. The summed E-state index contributed by atoms with van der Waals surface area (Å²) < 4.78 is 5.43. The monoisotopic (exact) mass is 359 g/mol. The number of rotatable bonds is 1. The molecule has 1 aromatic carbocycles. The molecule has 0 radical (unpaired) electrons. The minimum absolute atomic E-state index is 0.184. The van der Waals surface area contributed by atoms with Crippen molar-refractivity contribution in [2.45, 2.75) is 6.42 Å². The van der Waals surface area contributed by atoms with Gasteiger partial charge in [-0.2, -0.15) is 0 Å². The number of fused-ring (bicyclic) bond motifs is 1. The van der Waals surface area contributed by atoms with Gasteiger partial charge in [-0.05, 0) is 40.8 Å². The summed E-state index contributed by atoms with van der Waals surface area (Å²) in [5, 5.41) is 2.62. The maximum Gasteiger partial charge on any atom is 0.317 e. The molecular weight excluding hydrogens is 349 g/mol. The van der Waals surface area contributed by atoms with E-state index in [2.05, 4.69) is 32.6 Å². The molecule has 94 valence electrons. The molecule has 0 fully saturated rings. The molecular formula is C12H10INO4. The molecule has 0 bridgehead atoms. The van der Waals surface area contributed by atoms with Crippen molar-refractivity contribution >= 4 is 45.9 Å². The Bertz CT molecular complexity index is 541. The molecule has 1 amide bonds. The van der Waals surface area contributed by atoms with Crippen LogP contribution in [-0.2, 0) is 14.3 Å². The molecule has 1 atom stereocenters. The van der Waals surface area contributed by atoms with Crippen molar-refractivity contribution in [1.82, 2.24) is 0 Å². The lowest BCUT2D eigenvalue weighted by Crippen LogP contribution is -2.27. The second kappa shape index (κ2) is 5.05. The number of esters is 1. The molecule has 0 saturated carbocycles. The van der Waals surface area contributed by atoms with Gasteiger partial charge in [0.15, 0.2) is 5.78 Å². The molecule has 5 nitrogen and oxygen atoms in total. The Kier molecular flexibility index (Phi) is 3.65. The van der Waals surface area contributed by atoms with E-state index < -0.39 is 11.9 Å². The molecule has 1 N–H and O–H groups in total. The highest BCUT2D eigenvalue weighted by Crippen LogP contribution is 2.27. The molecule has 0 spiro atoms. The fourth-order valence-corrected chi connectivity index (χ4v) is 2.32. The van der Waals surface area contributed by atoms with Gasteiger partial charge in [0.2, 0.25) is 5.91 Å². The first-order valence-electron chi connectivity index (χ1n) is 5.24. The number of hydrogen-bond acceptors (Lipinski definition) is 4. The highest BCUT2D eigenvalue weighted by molar-refractivity contribution is 14.1. The van der Waals surface area contributed by atoms with Crippen LogP contribution in [0.25, 0.3) is 0 Å². The number of anilines is 1. The number of halogens is 1. The smallest absolute Gasteiger partial charge is 0.317 e. The van der Waals surface area contributed by atoms with Gasteiger partial charge in [-0.15, -0.1) is 0 Å². The third-order valence-corrected chi connectivity index (χ3v) is 3.38. The molecule has 1 heterocycles. The number of nitrogens with one attached hydrogen (secondary N) is 1. The molecule has 1 aromatic rings. The topological polar surface area (TPSA) is 72.5 Å². The molecule has 18 heavy (non-hydrogen) atoms. The third-order valence-electron chi connectivity index (χ3n) is 2.71. The van der Waals surface area contributed by atoms with Gasteiger partial charge in [-0.3, -0.25) is 14.4 Å². The van der Waals surface area contributed by atoms with Gasteiger partial charge in [0, 0.05) is 15.6 Å². The number of carbonyl (C=O) groups is 3. The van der Waals surface area contributed by atoms with Crippen molar-refractivity contribution in [3.63, 3.8) is 0 Å². The van der Waals surface area contributed by atoms with Crippen LogP contribution in [-0.4, -0.2) is 24.8 Å². The quantitative estimate of drug-likeness (QED) is 0.470. The number of Topliss-reactive ketones (excluding diaryl/α,β-unsaturated/α-hetero) is 1. The van der Waals surface area contributed by atoms with Crippen LogP contribution in [0, 0.1) is 9.49 Å². The van der Waals surface area contributed by atoms with E-state index in [1.54, 1.807) is 18.2 Å². The zero-order chi connectivity index (χ0) is 13.3. The second-order valence-corrected chi connectivity index (χ2v) is 5.13. The van der Waals surface area contributed by atoms with Crippen LogP contribution in [0.5, 0.6) is 0 Å². The van der Waals surface area contributed by atoms with E-state index in [0.29, 0.717) is 11.3 Å². The zero-order valence-electron chi connectivity index (χ0n) is 9.53. The summed E-state index contributed by atoms with van der Waals surface area (Å²) in [6, 6.07) is 5.09. The number of ether oxygens (including phenoxy) is 1. The van der Waals surface area contributed by atoms with Gasteiger partial charge in [0.1, 0.15) is 5.92 Å². The predicted octanol–water partition coefficient (Wildman–Crippen LogP) is 1.61. The van der Waals surface area contributed by atoms with Crippen LogP contribution < -0.4 is 5.32 Å². The Morgan fingerprint density at radius 3 is 2.83 bits per heavy atom. The minimum Gasteiger partial charge on any atom is -0.468 e. The number of amides is 1. The normalized spacial score (nSPS) is 18.7. The average Bonchev–Trinajstić information content (AvgIpc) is 2.47. The van der Waals surface area contributed by atoms with Crippen LogP contribution in [0.3, 0.4) is 0 Å². The van der Waals surface area contributed by atoms with Crippen LogP contribution in [0.1, 0.15) is 16.8 Å². The molecule has 0 aromatic heterocycles. The summed E-state index contributed by atoms with van der Waals surface area (Å²) in [7, 11) is 1.20. The zero-order valence-corrected chi connectivity index (χ0v) is 11.7. The van der Waals surface area contributed by atoms with E-state index in [1.165, 1.54) is 7.11 Å². The van der Waals surface area contributed by atoms with Crippen LogP contribution in [0.4, 0.5) is 5.69 Å². The minimum atomic E-state index is -1.06. The van der Waals surface area contributed by atoms with Gasteiger partial charge < -0.3 is 10.1 Å². The van der Waals surface area contributed by atoms with E-state index >= 15 is 0 Å².